The molecule has 0 fully saturated rings. The molecule has 242 valence electrons. The van der Waals surface area contributed by atoms with Crippen LogP contribution in [0.2, 0.25) is 0 Å². The van der Waals surface area contributed by atoms with Crippen molar-refractivity contribution in [1.29, 1.82) is 0 Å². The van der Waals surface area contributed by atoms with Gasteiger partial charge in [0, 0.05) is 58.2 Å². The molecule has 0 spiro atoms. The quantitative estimate of drug-likeness (QED) is 0.180. The van der Waals surface area contributed by atoms with Gasteiger partial charge in [-0.15, -0.1) is 22.7 Å². The Morgan fingerprint density at radius 3 is 1.48 bits per heavy atom. The number of rotatable bonds is 3. The van der Waals surface area contributed by atoms with Crippen LogP contribution in [0.1, 0.15) is 0 Å². The van der Waals surface area contributed by atoms with Crippen molar-refractivity contribution in [1.82, 2.24) is 4.57 Å². The average Bonchev–Trinajstić information content (AvgIpc) is 3.96. The molecule has 0 unspecified atom stereocenters. The third-order valence-electron chi connectivity index (χ3n) is 10.8. The Bertz CT molecular complexity index is 3360. The summed E-state index contributed by atoms with van der Waals surface area (Å²) in [5.74, 6) is 0. The van der Waals surface area contributed by atoms with E-state index in [2.05, 4.69) is 168 Å². The molecule has 0 amide bonds. The van der Waals surface area contributed by atoms with Gasteiger partial charge in [0.25, 0.3) is 0 Å². The van der Waals surface area contributed by atoms with Crippen molar-refractivity contribution in [2.75, 3.05) is 0 Å². The maximum absolute atomic E-state index is 6.28. The van der Waals surface area contributed by atoms with Crippen molar-refractivity contribution in [2.24, 2.45) is 0 Å². The summed E-state index contributed by atoms with van der Waals surface area (Å²) < 4.78 is 14.1. The molecule has 4 heterocycles. The molecular weight excluding hydrogens is 671 g/mol. The van der Waals surface area contributed by atoms with Gasteiger partial charge in [-0.05, 0) is 89.0 Å². The molecule has 0 atom stereocenters. The maximum atomic E-state index is 6.28. The zero-order chi connectivity index (χ0) is 33.9. The van der Waals surface area contributed by atoms with Gasteiger partial charge in [0.15, 0.2) is 0 Å². The molecule has 12 rings (SSSR count). The van der Waals surface area contributed by atoms with Crippen LogP contribution < -0.4 is 0 Å². The Morgan fingerprint density at radius 2 is 0.846 bits per heavy atom. The van der Waals surface area contributed by atoms with Crippen LogP contribution in [0.15, 0.2) is 168 Å². The molecule has 52 heavy (non-hydrogen) atoms. The van der Waals surface area contributed by atoms with Crippen LogP contribution in [0.25, 0.3) is 112 Å². The van der Waals surface area contributed by atoms with E-state index in [1.54, 1.807) is 0 Å². The fourth-order valence-electron chi connectivity index (χ4n) is 8.34. The second-order valence-corrected chi connectivity index (χ2v) is 15.8. The van der Waals surface area contributed by atoms with Crippen molar-refractivity contribution in [3.63, 3.8) is 0 Å². The first-order valence-electron chi connectivity index (χ1n) is 17.6. The largest absolute Gasteiger partial charge is 0.456 e. The smallest absolute Gasteiger partial charge is 0.135 e. The van der Waals surface area contributed by atoms with Gasteiger partial charge in [0.1, 0.15) is 11.2 Å². The minimum atomic E-state index is 0.916. The van der Waals surface area contributed by atoms with E-state index in [4.69, 9.17) is 4.42 Å². The Labute approximate surface area is 306 Å². The van der Waals surface area contributed by atoms with E-state index in [1.165, 1.54) is 90.1 Å². The molecule has 2 nitrogen and oxygen atoms in total. The molecule has 8 aromatic carbocycles. The van der Waals surface area contributed by atoms with Crippen molar-refractivity contribution in [3.05, 3.63) is 164 Å². The molecule has 12 aromatic rings. The summed E-state index contributed by atoms with van der Waals surface area (Å²) in [6.07, 6.45) is 0. The zero-order valence-electron chi connectivity index (χ0n) is 27.8. The number of aromatic nitrogens is 1. The Hall–Kier alpha value is -6.20. The van der Waals surface area contributed by atoms with Gasteiger partial charge in [-0.25, -0.2) is 0 Å². The molecule has 4 heteroatoms. The van der Waals surface area contributed by atoms with Gasteiger partial charge in [-0.3, -0.25) is 0 Å². The molecule has 0 aliphatic heterocycles. The fourth-order valence-corrected chi connectivity index (χ4v) is 10.8. The predicted octanol–water partition coefficient (Wildman–Crippen LogP) is 14.8. The SMILES string of the molecule is c1ccc(-c2ccc3oc4ccc(-c5ccc6sc7c(ccc8c9cc(-n%10c%11ccccc%11c%11ccccc%11%10)ccc9sc87)c6c5)cc4c3c2)cc1. The van der Waals surface area contributed by atoms with Gasteiger partial charge < -0.3 is 8.98 Å². The van der Waals surface area contributed by atoms with Crippen molar-refractivity contribution in [3.8, 4) is 27.9 Å². The van der Waals surface area contributed by atoms with Crippen LogP contribution in [0, 0.1) is 0 Å². The second-order valence-electron chi connectivity index (χ2n) is 13.7. The van der Waals surface area contributed by atoms with E-state index in [0.717, 1.165) is 21.9 Å². The molecule has 0 saturated carbocycles. The number of para-hydroxylation sites is 2. The lowest BCUT2D eigenvalue weighted by Crippen LogP contribution is -1.93. The second kappa shape index (κ2) is 10.7. The Kier molecular flexibility index (Phi) is 5.84. The van der Waals surface area contributed by atoms with Gasteiger partial charge in [0.2, 0.25) is 0 Å². The highest BCUT2D eigenvalue weighted by Gasteiger charge is 2.17. The zero-order valence-corrected chi connectivity index (χ0v) is 29.4. The molecular formula is C48H27NOS2. The highest BCUT2D eigenvalue weighted by Crippen LogP contribution is 2.46. The van der Waals surface area contributed by atoms with E-state index in [0.29, 0.717) is 0 Å². The first-order valence-corrected chi connectivity index (χ1v) is 19.2. The number of fused-ring (bicyclic) bond motifs is 13. The van der Waals surface area contributed by atoms with Crippen molar-refractivity contribution in [2.45, 2.75) is 0 Å². The lowest BCUT2D eigenvalue weighted by molar-refractivity contribution is 0.669. The van der Waals surface area contributed by atoms with Crippen LogP contribution in [0.4, 0.5) is 0 Å². The van der Waals surface area contributed by atoms with Gasteiger partial charge in [-0.1, -0.05) is 97.1 Å². The summed E-state index contributed by atoms with van der Waals surface area (Å²) in [4.78, 5) is 0. The number of hydrogen-bond acceptors (Lipinski definition) is 3. The van der Waals surface area contributed by atoms with Crippen LogP contribution in [-0.2, 0) is 0 Å². The first kappa shape index (κ1) is 28.5. The monoisotopic (exact) mass is 697 g/mol. The molecule has 0 aliphatic rings. The average molecular weight is 698 g/mol. The highest BCUT2D eigenvalue weighted by atomic mass is 32.1. The molecule has 4 aromatic heterocycles. The lowest BCUT2D eigenvalue weighted by Gasteiger charge is -2.08. The summed E-state index contributed by atoms with van der Waals surface area (Å²) in [6, 6.07) is 59.8. The fraction of sp³-hybridized carbons (Fsp3) is 0. The van der Waals surface area contributed by atoms with E-state index in [1.807, 2.05) is 22.7 Å². The standard InChI is InChI=1S/C48H27NOS2/c1-2-8-28(9-3-1)29-14-20-43-37(24-29)38-25-30(15-21-44(38)50-43)31-16-22-45-39(26-31)35-18-19-36-40-27-32(17-23-46(40)52-48(36)47(35)51-45)49-41-12-6-4-10-33(41)34-11-5-7-13-42(34)49/h1-27H. The van der Waals surface area contributed by atoms with Gasteiger partial charge in [-0.2, -0.15) is 0 Å². The minimum absolute atomic E-state index is 0.916. The Morgan fingerprint density at radius 1 is 0.346 bits per heavy atom. The molecule has 0 saturated heterocycles. The van der Waals surface area contributed by atoms with Crippen LogP contribution in [0.3, 0.4) is 0 Å². The summed E-state index contributed by atoms with van der Waals surface area (Å²) in [5.41, 5.74) is 10.3. The number of benzene rings is 8. The molecule has 0 N–H and O–H groups in total. The molecule has 0 bridgehead atoms. The molecule has 0 aliphatic carbocycles. The Balaban J connectivity index is 0.992. The summed E-state index contributed by atoms with van der Waals surface area (Å²) in [7, 11) is 0. The van der Waals surface area contributed by atoms with E-state index in [-0.39, 0.29) is 0 Å². The maximum Gasteiger partial charge on any atom is 0.135 e. The lowest BCUT2D eigenvalue weighted by atomic mass is 9.99. The van der Waals surface area contributed by atoms with E-state index < -0.39 is 0 Å². The topological polar surface area (TPSA) is 18.1 Å². The van der Waals surface area contributed by atoms with Crippen LogP contribution >= 0.6 is 22.7 Å². The number of hydrogen-bond donors (Lipinski definition) is 0. The van der Waals surface area contributed by atoms with Gasteiger partial charge in [0.05, 0.1) is 20.4 Å². The van der Waals surface area contributed by atoms with Gasteiger partial charge >= 0.3 is 0 Å². The highest BCUT2D eigenvalue weighted by molar-refractivity contribution is 7.33. The van der Waals surface area contributed by atoms with E-state index >= 15 is 0 Å². The van der Waals surface area contributed by atoms with E-state index in [9.17, 15) is 0 Å². The van der Waals surface area contributed by atoms with Crippen LogP contribution in [0.5, 0.6) is 0 Å². The first-order chi connectivity index (χ1) is 25.7. The third kappa shape index (κ3) is 4.05. The number of thiophene rings is 2. The van der Waals surface area contributed by atoms with Crippen molar-refractivity contribution < 1.29 is 4.42 Å². The van der Waals surface area contributed by atoms with Crippen molar-refractivity contribution >= 4 is 107 Å². The summed E-state index contributed by atoms with van der Waals surface area (Å²) >= 11 is 3.83. The summed E-state index contributed by atoms with van der Waals surface area (Å²) in [6.45, 7) is 0. The molecule has 0 radical (unpaired) electrons. The number of nitrogens with zero attached hydrogens (tertiary/aromatic N) is 1. The predicted molar refractivity (Wildman–Crippen MR) is 225 cm³/mol. The van der Waals surface area contributed by atoms with Crippen LogP contribution in [-0.4, -0.2) is 4.57 Å². The number of furan rings is 1. The summed E-state index contributed by atoms with van der Waals surface area (Å²) in [5, 5.41) is 10.1. The third-order valence-corrected chi connectivity index (χ3v) is 13.3. The normalized spacial score (nSPS) is 12.2. The minimum Gasteiger partial charge on any atom is -0.456 e.